The number of amides is 1. The van der Waals surface area contributed by atoms with Crippen molar-refractivity contribution in [1.82, 2.24) is 24.7 Å². The molecular weight excluding hydrogens is 493 g/mol. The molecule has 0 atom stereocenters. The second-order valence-corrected chi connectivity index (χ2v) is 7.75. The van der Waals surface area contributed by atoms with Crippen LogP contribution in [0.5, 0.6) is 11.5 Å². The Labute approximate surface area is 206 Å². The lowest BCUT2D eigenvalue weighted by Crippen LogP contribution is -2.19. The van der Waals surface area contributed by atoms with Gasteiger partial charge in [0.1, 0.15) is 11.5 Å². The lowest BCUT2D eigenvalue weighted by atomic mass is 10.1. The maximum atomic E-state index is 13.9. The van der Waals surface area contributed by atoms with E-state index < -0.39 is 17.8 Å². The zero-order valence-electron chi connectivity index (χ0n) is 19.1. The number of alkyl halides is 3. The summed E-state index contributed by atoms with van der Waals surface area (Å²) in [7, 11) is 1.49. The molecule has 3 heterocycles. The number of rotatable bonds is 7. The highest BCUT2D eigenvalue weighted by Gasteiger charge is 2.35. The second-order valence-electron chi connectivity index (χ2n) is 7.75. The van der Waals surface area contributed by atoms with Crippen LogP contribution in [-0.2, 0) is 11.0 Å². The van der Waals surface area contributed by atoms with Gasteiger partial charge < -0.3 is 19.7 Å². The normalized spacial score (nSPS) is 11.6. The Bertz CT molecular complexity index is 1580. The molecule has 0 saturated carbocycles. The Balaban J connectivity index is 1.49. The van der Waals surface area contributed by atoms with Crippen molar-refractivity contribution in [1.29, 1.82) is 0 Å². The van der Waals surface area contributed by atoms with Gasteiger partial charge in [0.05, 0.1) is 12.8 Å². The first-order chi connectivity index (χ1) is 17.7. The molecule has 0 aliphatic carbocycles. The van der Waals surface area contributed by atoms with E-state index in [0.717, 1.165) is 6.07 Å². The van der Waals surface area contributed by atoms with Crippen LogP contribution in [0, 0.1) is 0 Å². The number of hydrogen-bond donors (Lipinski definition) is 1. The molecule has 0 radical (unpaired) electrons. The zero-order chi connectivity index (χ0) is 26.2. The van der Waals surface area contributed by atoms with Crippen LogP contribution in [0.3, 0.4) is 0 Å². The summed E-state index contributed by atoms with van der Waals surface area (Å²) in [4.78, 5) is 19.4. The Kier molecular flexibility index (Phi) is 5.95. The molecule has 0 unspecified atom stereocenters. The molecule has 0 saturated heterocycles. The van der Waals surface area contributed by atoms with E-state index in [1.165, 1.54) is 13.2 Å². The largest absolute Gasteiger partial charge is 0.497 e. The smallest absolute Gasteiger partial charge is 0.433 e. The summed E-state index contributed by atoms with van der Waals surface area (Å²) in [5.41, 5.74) is 5.13. The van der Waals surface area contributed by atoms with E-state index in [0.29, 0.717) is 27.1 Å². The van der Waals surface area contributed by atoms with Crippen LogP contribution in [0.4, 0.5) is 13.2 Å². The van der Waals surface area contributed by atoms with Crippen molar-refractivity contribution in [2.24, 2.45) is 5.73 Å². The minimum atomic E-state index is -4.70. The topological polar surface area (TPSA) is 131 Å². The molecule has 10 nitrogen and oxygen atoms in total. The van der Waals surface area contributed by atoms with Gasteiger partial charge >= 0.3 is 6.18 Å². The van der Waals surface area contributed by atoms with Gasteiger partial charge in [0, 0.05) is 17.2 Å². The van der Waals surface area contributed by atoms with Crippen molar-refractivity contribution in [2.75, 3.05) is 13.7 Å². The number of fused-ring (bicyclic) bond motifs is 1. The lowest BCUT2D eigenvalue weighted by molar-refractivity contribution is -0.142. The Morgan fingerprint density at radius 2 is 1.65 bits per heavy atom. The molecule has 37 heavy (non-hydrogen) atoms. The molecule has 2 aromatic carbocycles. The van der Waals surface area contributed by atoms with Gasteiger partial charge in [0.15, 0.2) is 23.6 Å². The fraction of sp³-hybridized carbons (Fsp3) is 0.125. The first-order valence-electron chi connectivity index (χ1n) is 10.7. The average molecular weight is 510 g/mol. The van der Waals surface area contributed by atoms with Gasteiger partial charge in [0.2, 0.25) is 5.82 Å². The van der Waals surface area contributed by atoms with Crippen molar-refractivity contribution in [3.63, 3.8) is 0 Å². The van der Waals surface area contributed by atoms with Crippen molar-refractivity contribution >= 4 is 11.6 Å². The maximum Gasteiger partial charge on any atom is 0.433 e. The van der Waals surface area contributed by atoms with Gasteiger partial charge in [0.25, 0.3) is 11.8 Å². The number of benzene rings is 2. The van der Waals surface area contributed by atoms with Crippen LogP contribution in [0.1, 0.15) is 5.69 Å². The molecule has 188 valence electrons. The maximum absolute atomic E-state index is 13.9. The number of ether oxygens (including phenoxy) is 2. The van der Waals surface area contributed by atoms with Crippen LogP contribution in [-0.4, -0.2) is 44.4 Å². The van der Waals surface area contributed by atoms with E-state index in [2.05, 4.69) is 20.2 Å². The fourth-order valence-corrected chi connectivity index (χ4v) is 3.49. The molecule has 5 rings (SSSR count). The number of halogens is 3. The number of aromatic nitrogens is 5. The van der Waals surface area contributed by atoms with Crippen molar-refractivity contribution in [3.8, 4) is 45.7 Å². The van der Waals surface area contributed by atoms with Gasteiger partial charge in [-0.1, -0.05) is 5.16 Å². The second kappa shape index (κ2) is 9.26. The van der Waals surface area contributed by atoms with Crippen molar-refractivity contribution < 1.29 is 32.0 Å². The van der Waals surface area contributed by atoms with Crippen LogP contribution in [0.2, 0.25) is 0 Å². The lowest BCUT2D eigenvalue weighted by Gasteiger charge is -2.11. The van der Waals surface area contributed by atoms with E-state index in [9.17, 15) is 18.0 Å². The summed E-state index contributed by atoms with van der Waals surface area (Å²) in [5, 5.41) is 7.91. The third-order valence-corrected chi connectivity index (χ3v) is 5.24. The third-order valence-electron chi connectivity index (χ3n) is 5.24. The number of primary amides is 1. The van der Waals surface area contributed by atoms with E-state index in [4.69, 9.17) is 19.7 Å². The van der Waals surface area contributed by atoms with Gasteiger partial charge in [-0.25, -0.2) is 9.50 Å². The number of methoxy groups -OCH3 is 1. The summed E-state index contributed by atoms with van der Waals surface area (Å²) in [6.45, 7) is -0.270. The average Bonchev–Trinajstić information content (AvgIpc) is 3.54. The minimum Gasteiger partial charge on any atom is -0.497 e. The van der Waals surface area contributed by atoms with Gasteiger partial charge in [-0.3, -0.25) is 4.79 Å². The zero-order valence-corrected chi connectivity index (χ0v) is 19.1. The van der Waals surface area contributed by atoms with Crippen LogP contribution in [0.25, 0.3) is 39.9 Å². The number of hydrogen-bond acceptors (Lipinski definition) is 8. The Morgan fingerprint density at radius 1 is 0.973 bits per heavy atom. The predicted octanol–water partition coefficient (Wildman–Crippen LogP) is 4.00. The van der Waals surface area contributed by atoms with Crippen LogP contribution >= 0.6 is 0 Å². The van der Waals surface area contributed by atoms with Gasteiger partial charge in [-0.05, 0) is 54.6 Å². The van der Waals surface area contributed by atoms with E-state index >= 15 is 0 Å². The summed E-state index contributed by atoms with van der Waals surface area (Å²) in [6.07, 6.45) is -4.70. The molecule has 5 aromatic rings. The number of nitrogens with zero attached hydrogens (tertiary/aromatic N) is 5. The van der Waals surface area contributed by atoms with Crippen molar-refractivity contribution in [2.45, 2.75) is 6.18 Å². The SMILES string of the molecule is COc1ccc(-c2cc(C(F)(F)F)n3nc(-c4nc(-c5ccc(OCC(N)=O)cc5)no4)cc3n2)cc1. The van der Waals surface area contributed by atoms with E-state index in [1.807, 2.05) is 0 Å². The molecule has 3 aromatic heterocycles. The number of nitrogens with two attached hydrogens (primary N) is 1. The first kappa shape index (κ1) is 23.8. The van der Waals surface area contributed by atoms with E-state index in [-0.39, 0.29) is 35.4 Å². The molecule has 13 heteroatoms. The molecule has 0 bridgehead atoms. The molecular formula is C24H17F3N6O4. The molecule has 0 fully saturated rings. The Hall–Kier alpha value is -4.94. The highest BCUT2D eigenvalue weighted by atomic mass is 19.4. The predicted molar refractivity (Wildman–Crippen MR) is 123 cm³/mol. The monoisotopic (exact) mass is 510 g/mol. The number of carbonyl (C=O) groups is 1. The number of carbonyl (C=O) groups excluding carboxylic acids is 1. The quantitative estimate of drug-likeness (QED) is 0.348. The molecule has 0 aliphatic heterocycles. The van der Waals surface area contributed by atoms with Gasteiger partial charge in [-0.15, -0.1) is 0 Å². The summed E-state index contributed by atoms with van der Waals surface area (Å²) >= 11 is 0. The van der Waals surface area contributed by atoms with Crippen LogP contribution in [0.15, 0.2) is 65.2 Å². The van der Waals surface area contributed by atoms with Crippen LogP contribution < -0.4 is 15.2 Å². The van der Waals surface area contributed by atoms with Crippen molar-refractivity contribution in [3.05, 3.63) is 66.4 Å². The standard InChI is InChI=1S/C24H17F3N6O4/c1-35-15-6-2-13(3-7-15)17-10-19(24(25,26)27)33-21(29-17)11-18(31-33)23-30-22(32-37-23)14-4-8-16(9-5-14)36-12-20(28)34/h2-11H,12H2,1H3,(H2,28,34). The molecule has 0 aliphatic rings. The minimum absolute atomic E-state index is 0.0186. The molecule has 1 amide bonds. The summed E-state index contributed by atoms with van der Waals surface area (Å²) in [5.74, 6) is 0.446. The highest BCUT2D eigenvalue weighted by Crippen LogP contribution is 2.34. The summed E-state index contributed by atoms with van der Waals surface area (Å²) in [6, 6.07) is 15.2. The first-order valence-corrected chi connectivity index (χ1v) is 10.7. The van der Waals surface area contributed by atoms with E-state index in [1.54, 1.807) is 48.5 Å². The fourth-order valence-electron chi connectivity index (χ4n) is 3.49. The van der Waals surface area contributed by atoms with Gasteiger partial charge in [-0.2, -0.15) is 23.3 Å². The third kappa shape index (κ3) is 4.91. The highest BCUT2D eigenvalue weighted by molar-refractivity contribution is 5.75. The summed E-state index contributed by atoms with van der Waals surface area (Å²) < 4.78 is 58.0. The molecule has 2 N–H and O–H groups in total. The molecule has 0 spiro atoms. The Morgan fingerprint density at radius 3 is 2.30 bits per heavy atom.